The minimum absolute atomic E-state index is 0. The van der Waals surface area contributed by atoms with E-state index in [0.29, 0.717) is 15.4 Å². The molecule has 90 valence electrons. The second-order valence-corrected chi connectivity index (χ2v) is 8.67. The van der Waals surface area contributed by atoms with Crippen molar-refractivity contribution in [1.82, 2.24) is 4.98 Å². The molecule has 1 aliphatic rings. The molecule has 0 aliphatic carbocycles. The molecule has 1 aromatic rings. The van der Waals surface area contributed by atoms with E-state index < -0.39 is 17.4 Å². The zero-order valence-corrected chi connectivity index (χ0v) is 11.9. The maximum absolute atomic E-state index is 9.57. The van der Waals surface area contributed by atoms with Crippen molar-refractivity contribution in [3.05, 3.63) is 30.1 Å². The van der Waals surface area contributed by atoms with E-state index in [1.807, 2.05) is 12.3 Å². The Morgan fingerprint density at radius 1 is 1.19 bits per heavy atom. The standard InChI is InChI=1S/C10H13N.2ClH.2H2O.Ti/c1-3-9(4-2)10-6-5-7-11-8-10;;;;;/h5-9H,1-4H2;2*1H;2*1H2;/q;;;;;+4/p-4. The summed E-state index contributed by atoms with van der Waals surface area (Å²) in [6.45, 7) is 0. The van der Waals surface area contributed by atoms with Crippen molar-refractivity contribution in [3.63, 3.8) is 0 Å². The van der Waals surface area contributed by atoms with Gasteiger partial charge in [0.2, 0.25) is 0 Å². The molecular formula is C10H15Cl2NO2Ti. The van der Waals surface area contributed by atoms with Gasteiger partial charge in [0.1, 0.15) is 0 Å². The molecule has 2 N–H and O–H groups in total. The second kappa shape index (κ2) is 6.95. The van der Waals surface area contributed by atoms with Crippen LogP contribution in [0.1, 0.15) is 24.3 Å². The average Bonchev–Trinajstić information content (AvgIpc) is 2.19. The zero-order chi connectivity index (χ0) is 10.0. The van der Waals surface area contributed by atoms with Crippen LogP contribution in [0, 0.1) is 0 Å². The third kappa shape index (κ3) is 4.32. The van der Waals surface area contributed by atoms with Gasteiger partial charge in [-0.3, -0.25) is 0 Å². The summed E-state index contributed by atoms with van der Waals surface area (Å²) in [5, 5.41) is 0. The van der Waals surface area contributed by atoms with Crippen molar-refractivity contribution >= 4 is 0 Å². The first-order chi connectivity index (χ1) is 6.67. The third-order valence-corrected chi connectivity index (χ3v) is 6.34. The molecule has 1 aliphatic heterocycles. The molecule has 3 nitrogen and oxygen atoms in total. The fraction of sp³-hybridized carbons (Fsp3) is 0.500. The topological polar surface area (TPSA) is 53.4 Å². The van der Waals surface area contributed by atoms with Crippen LogP contribution < -0.4 is 24.8 Å². The molecule has 1 aromatic heterocycles. The summed E-state index contributed by atoms with van der Waals surface area (Å²) in [5.41, 5.74) is 1.24. The molecule has 1 fully saturated rings. The van der Waals surface area contributed by atoms with Crippen LogP contribution in [0.4, 0.5) is 0 Å². The van der Waals surface area contributed by atoms with Crippen LogP contribution in [-0.2, 0) is 17.4 Å². The van der Waals surface area contributed by atoms with Gasteiger partial charge in [0.05, 0.1) is 0 Å². The summed E-state index contributed by atoms with van der Waals surface area (Å²) in [5.74, 6) is 0.488. The second-order valence-electron chi connectivity index (χ2n) is 4.04. The van der Waals surface area contributed by atoms with Gasteiger partial charge < -0.3 is 24.8 Å². The SMILES string of the molecule is [Cl-].[Cl-].[OH][Ti+2]1([OH])[CH2]CC(c2cccnc2)C[CH2]1. The van der Waals surface area contributed by atoms with Gasteiger partial charge in [-0.15, -0.1) is 0 Å². The zero-order valence-electron chi connectivity index (χ0n) is 8.81. The first kappa shape index (κ1) is 16.4. The van der Waals surface area contributed by atoms with Crippen molar-refractivity contribution in [3.8, 4) is 0 Å². The van der Waals surface area contributed by atoms with Crippen LogP contribution in [0.25, 0.3) is 0 Å². The van der Waals surface area contributed by atoms with Gasteiger partial charge in [-0.2, -0.15) is 0 Å². The van der Waals surface area contributed by atoms with Crippen LogP contribution in [0.15, 0.2) is 24.5 Å². The Morgan fingerprint density at radius 3 is 2.31 bits per heavy atom. The van der Waals surface area contributed by atoms with Crippen molar-refractivity contribution in [2.75, 3.05) is 0 Å². The first-order valence-corrected chi connectivity index (χ1v) is 8.62. The number of hydrogen-bond donors (Lipinski definition) is 2. The quantitative estimate of drug-likeness (QED) is 0.517. The van der Waals surface area contributed by atoms with Crippen LogP contribution in [0.3, 0.4) is 0 Å². The number of pyridine rings is 1. The van der Waals surface area contributed by atoms with Crippen molar-refractivity contribution in [2.45, 2.75) is 28.2 Å². The predicted molar refractivity (Wildman–Crippen MR) is 50.3 cm³/mol. The summed E-state index contributed by atoms with van der Waals surface area (Å²) in [6, 6.07) is 4.02. The predicted octanol–water partition coefficient (Wildman–Crippen LogP) is -4.23. The molecule has 0 aromatic carbocycles. The number of nitrogens with zero attached hydrogens (tertiary/aromatic N) is 1. The van der Waals surface area contributed by atoms with Gasteiger partial charge in [0.25, 0.3) is 0 Å². The Bertz CT molecular complexity index is 301. The molecule has 0 atom stereocenters. The molecule has 0 spiro atoms. The molecule has 0 bridgehead atoms. The Kier molecular flexibility index (Phi) is 7.10. The molecule has 0 amide bonds. The van der Waals surface area contributed by atoms with Gasteiger partial charge in [-0.25, -0.2) is 0 Å². The van der Waals surface area contributed by atoms with Crippen molar-refractivity contribution in [1.29, 1.82) is 0 Å². The van der Waals surface area contributed by atoms with E-state index in [0.717, 1.165) is 12.8 Å². The number of halogens is 2. The number of aromatic nitrogens is 1. The van der Waals surface area contributed by atoms with E-state index in [2.05, 4.69) is 11.1 Å². The van der Waals surface area contributed by atoms with E-state index in [4.69, 9.17) is 0 Å². The molecule has 0 saturated carbocycles. The molecular weight excluding hydrogens is 285 g/mol. The summed E-state index contributed by atoms with van der Waals surface area (Å²) < 4.78 is 20.4. The molecule has 16 heavy (non-hydrogen) atoms. The molecule has 6 heteroatoms. The van der Waals surface area contributed by atoms with Gasteiger partial charge in [0, 0.05) is 0 Å². The summed E-state index contributed by atoms with van der Waals surface area (Å²) in [4.78, 5) is 4.09. The monoisotopic (exact) mass is 299 g/mol. The molecule has 0 unspecified atom stereocenters. The van der Waals surface area contributed by atoms with Crippen molar-refractivity contribution in [2.24, 2.45) is 0 Å². The molecule has 0 radical (unpaired) electrons. The van der Waals surface area contributed by atoms with E-state index in [1.54, 1.807) is 6.20 Å². The Balaban J connectivity index is 0.00000112. The van der Waals surface area contributed by atoms with Crippen LogP contribution in [-0.4, -0.2) is 12.4 Å². The maximum atomic E-state index is 9.57. The normalized spacial score (nSPS) is 17.4. The average molecular weight is 300 g/mol. The van der Waals surface area contributed by atoms with Crippen LogP contribution in [0.2, 0.25) is 9.45 Å². The van der Waals surface area contributed by atoms with E-state index in [1.165, 1.54) is 5.56 Å². The van der Waals surface area contributed by atoms with Gasteiger partial charge in [-0.05, 0) is 0 Å². The number of rotatable bonds is 1. The molecule has 2 rings (SSSR count). The van der Waals surface area contributed by atoms with E-state index >= 15 is 0 Å². The Morgan fingerprint density at radius 2 is 1.81 bits per heavy atom. The first-order valence-electron chi connectivity index (χ1n) is 5.02. The summed E-state index contributed by atoms with van der Waals surface area (Å²) in [7, 11) is 0. The summed E-state index contributed by atoms with van der Waals surface area (Å²) >= 11 is -3.26. The third-order valence-electron chi connectivity index (χ3n) is 2.94. The van der Waals surface area contributed by atoms with Crippen molar-refractivity contribution < 1.29 is 49.6 Å². The van der Waals surface area contributed by atoms with Crippen LogP contribution >= 0.6 is 0 Å². The van der Waals surface area contributed by atoms with Gasteiger partial charge >= 0.3 is 88.0 Å². The molecule has 1 saturated heterocycles. The Labute approximate surface area is 112 Å². The van der Waals surface area contributed by atoms with E-state index in [9.17, 15) is 7.38 Å². The van der Waals surface area contributed by atoms with Crippen LogP contribution in [0.5, 0.6) is 0 Å². The minimum atomic E-state index is -3.26. The Hall–Kier alpha value is 0.364. The van der Waals surface area contributed by atoms with Gasteiger partial charge in [0.15, 0.2) is 0 Å². The van der Waals surface area contributed by atoms with E-state index in [-0.39, 0.29) is 24.8 Å². The summed E-state index contributed by atoms with van der Waals surface area (Å²) in [6.07, 6.45) is 5.49. The fourth-order valence-electron chi connectivity index (χ4n) is 2.03. The van der Waals surface area contributed by atoms with Gasteiger partial charge in [-0.1, -0.05) is 0 Å². The number of hydrogen-bond acceptors (Lipinski definition) is 3. The fourth-order valence-corrected chi connectivity index (χ4v) is 4.95. The molecule has 2 heterocycles.